The molecule has 5 aromatic rings. The summed E-state index contributed by atoms with van der Waals surface area (Å²) in [5.74, 6) is -0.361. The van der Waals surface area contributed by atoms with Crippen molar-refractivity contribution >= 4 is 32.7 Å². The van der Waals surface area contributed by atoms with Crippen LogP contribution in [0.4, 0.5) is 5.69 Å². The summed E-state index contributed by atoms with van der Waals surface area (Å²) in [4.78, 5) is 14.0. The Morgan fingerprint density at radius 1 is 0.833 bits per heavy atom. The fourth-order valence-corrected chi connectivity index (χ4v) is 4.92. The molecule has 0 atom stereocenters. The van der Waals surface area contributed by atoms with E-state index in [1.165, 1.54) is 10.9 Å². The van der Waals surface area contributed by atoms with Crippen molar-refractivity contribution in [1.29, 1.82) is 0 Å². The van der Waals surface area contributed by atoms with Crippen LogP contribution in [-0.2, 0) is 10.1 Å². The first kappa shape index (κ1) is 23.3. The second-order valence-electron chi connectivity index (χ2n) is 8.29. The Labute approximate surface area is 208 Å². The number of hydrogen-bond donors (Lipinski definition) is 1. The molecule has 0 aliphatic rings. The molecule has 0 fully saturated rings. The highest BCUT2D eigenvalue weighted by Crippen LogP contribution is 2.29. The van der Waals surface area contributed by atoms with Gasteiger partial charge in [-0.2, -0.15) is 8.42 Å². The van der Waals surface area contributed by atoms with Crippen molar-refractivity contribution in [3.63, 3.8) is 0 Å². The number of amides is 1. The lowest BCUT2D eigenvalue weighted by molar-refractivity contribution is 0.102. The van der Waals surface area contributed by atoms with E-state index >= 15 is 0 Å². The van der Waals surface area contributed by atoms with Crippen LogP contribution in [0.3, 0.4) is 0 Å². The number of carbonyl (C=O) groups is 1. The van der Waals surface area contributed by atoms with E-state index in [4.69, 9.17) is 4.18 Å². The van der Waals surface area contributed by atoms with Gasteiger partial charge in [-0.05, 0) is 73.5 Å². The smallest absolute Gasteiger partial charge is 0.339 e. The monoisotopic (exact) mass is 498 g/mol. The fourth-order valence-electron chi connectivity index (χ4n) is 3.72. The molecule has 1 aromatic heterocycles. The lowest BCUT2D eigenvalue weighted by Gasteiger charge is -2.14. The van der Waals surface area contributed by atoms with Crippen molar-refractivity contribution in [2.75, 3.05) is 5.32 Å². The number of nitrogens with one attached hydrogen (secondary N) is 1. The maximum atomic E-state index is 13.4. The fraction of sp³-hybridized carbons (Fsp3) is 0.0741. The van der Waals surface area contributed by atoms with Gasteiger partial charge in [0.15, 0.2) is 5.75 Å². The number of para-hydroxylation sites is 1. The molecule has 0 saturated carbocycles. The third-order valence-electron chi connectivity index (χ3n) is 5.57. The second kappa shape index (κ2) is 9.27. The van der Waals surface area contributed by atoms with Gasteiger partial charge in [0.2, 0.25) is 0 Å². The lowest BCUT2D eigenvalue weighted by Crippen LogP contribution is -2.16. The Kier molecular flexibility index (Phi) is 5.99. The van der Waals surface area contributed by atoms with Crippen LogP contribution in [0.1, 0.15) is 21.5 Å². The van der Waals surface area contributed by atoms with E-state index in [1.54, 1.807) is 61.5 Å². The normalized spacial score (nSPS) is 11.4. The number of benzene rings is 4. The van der Waals surface area contributed by atoms with Crippen molar-refractivity contribution in [2.45, 2.75) is 18.7 Å². The molecule has 36 heavy (non-hydrogen) atoms. The first-order valence-electron chi connectivity index (χ1n) is 11.1. The maximum absolute atomic E-state index is 13.4. The number of aromatic nitrogens is 3. The molecule has 0 unspecified atom stereocenters. The number of fused-ring (bicyclic) bond motifs is 1. The van der Waals surface area contributed by atoms with Crippen molar-refractivity contribution in [1.82, 2.24) is 15.0 Å². The van der Waals surface area contributed by atoms with E-state index in [0.29, 0.717) is 28.0 Å². The van der Waals surface area contributed by atoms with Gasteiger partial charge >= 0.3 is 10.1 Å². The van der Waals surface area contributed by atoms with Gasteiger partial charge < -0.3 is 9.50 Å². The van der Waals surface area contributed by atoms with Gasteiger partial charge in [-0.25, -0.2) is 0 Å². The minimum atomic E-state index is -4.30. The Hall–Kier alpha value is -4.50. The predicted molar refractivity (Wildman–Crippen MR) is 137 cm³/mol. The molecule has 8 nitrogen and oxygen atoms in total. The molecule has 0 aliphatic carbocycles. The van der Waals surface area contributed by atoms with Crippen LogP contribution in [-0.4, -0.2) is 29.3 Å². The third kappa shape index (κ3) is 4.69. The van der Waals surface area contributed by atoms with Gasteiger partial charge in [-0.1, -0.05) is 42.5 Å². The van der Waals surface area contributed by atoms with Crippen LogP contribution in [0.15, 0.2) is 95.9 Å². The molecule has 0 radical (unpaired) electrons. The summed E-state index contributed by atoms with van der Waals surface area (Å²) in [5.41, 5.74) is 3.84. The molecule has 5 rings (SSSR count). The first-order chi connectivity index (χ1) is 17.3. The molecule has 0 spiro atoms. The maximum Gasteiger partial charge on any atom is 0.339 e. The second-order valence-corrected chi connectivity index (χ2v) is 9.80. The molecule has 0 saturated heterocycles. The minimum Gasteiger partial charge on any atom is -0.377 e. The number of anilines is 1. The number of rotatable bonds is 6. The molecular formula is C27H22N4O4S. The number of aryl methyl sites for hydroxylation is 2. The Balaban J connectivity index is 1.49. The van der Waals surface area contributed by atoms with Gasteiger partial charge in [-0.15, -0.1) is 15.0 Å². The standard InChI is InChI=1S/C27H22N4O4S/c1-18-12-15-25(24(16-18)31-29-22-10-6-7-11-23(22)30-31)35-36(33,34)26-17-20(14-13-19(26)2)27(32)28-21-8-4-3-5-9-21/h3-17H,1-2H3,(H,28,32). The zero-order valence-electron chi connectivity index (χ0n) is 19.5. The highest BCUT2D eigenvalue weighted by Gasteiger charge is 2.24. The summed E-state index contributed by atoms with van der Waals surface area (Å²) in [5, 5.41) is 11.7. The zero-order valence-corrected chi connectivity index (χ0v) is 20.4. The van der Waals surface area contributed by atoms with Crippen LogP contribution < -0.4 is 9.50 Å². The van der Waals surface area contributed by atoms with Gasteiger partial charge in [0.05, 0.1) is 0 Å². The van der Waals surface area contributed by atoms with Gasteiger partial charge in [0.1, 0.15) is 21.6 Å². The van der Waals surface area contributed by atoms with E-state index in [0.717, 1.165) is 5.56 Å². The largest absolute Gasteiger partial charge is 0.377 e. The summed E-state index contributed by atoms with van der Waals surface area (Å²) < 4.78 is 32.4. The zero-order chi connectivity index (χ0) is 25.3. The number of nitrogens with zero attached hydrogens (tertiary/aromatic N) is 3. The van der Waals surface area contributed by atoms with Crippen LogP contribution in [0, 0.1) is 13.8 Å². The summed E-state index contributed by atoms with van der Waals surface area (Å²) in [6, 6.07) is 25.8. The summed E-state index contributed by atoms with van der Waals surface area (Å²) in [6.45, 7) is 3.52. The van der Waals surface area contributed by atoms with Gasteiger partial charge in [0.25, 0.3) is 5.91 Å². The molecule has 1 heterocycles. The highest BCUT2D eigenvalue weighted by atomic mass is 32.2. The molecule has 1 amide bonds. The van der Waals surface area contributed by atoms with Crippen LogP contribution in [0.25, 0.3) is 16.7 Å². The van der Waals surface area contributed by atoms with Crippen LogP contribution in [0.2, 0.25) is 0 Å². The van der Waals surface area contributed by atoms with Crippen molar-refractivity contribution in [3.8, 4) is 11.4 Å². The third-order valence-corrected chi connectivity index (χ3v) is 6.94. The summed E-state index contributed by atoms with van der Waals surface area (Å²) >= 11 is 0. The molecule has 1 N–H and O–H groups in total. The Morgan fingerprint density at radius 2 is 1.50 bits per heavy atom. The van der Waals surface area contributed by atoms with Gasteiger partial charge in [-0.3, -0.25) is 4.79 Å². The van der Waals surface area contributed by atoms with E-state index in [9.17, 15) is 13.2 Å². The lowest BCUT2D eigenvalue weighted by atomic mass is 10.1. The summed E-state index contributed by atoms with van der Waals surface area (Å²) in [6.07, 6.45) is 0. The molecule has 0 aliphatic heterocycles. The van der Waals surface area contributed by atoms with Crippen LogP contribution in [0.5, 0.6) is 5.75 Å². The molecule has 180 valence electrons. The summed E-state index contributed by atoms with van der Waals surface area (Å²) in [7, 11) is -4.30. The number of hydrogen-bond acceptors (Lipinski definition) is 6. The number of carbonyl (C=O) groups excluding carboxylic acids is 1. The van der Waals surface area contributed by atoms with Crippen molar-refractivity contribution in [2.24, 2.45) is 0 Å². The SMILES string of the molecule is Cc1ccc(OS(=O)(=O)c2cc(C(=O)Nc3ccccc3)ccc2C)c(-n2nc3ccccc3n2)c1. The average Bonchev–Trinajstić information content (AvgIpc) is 3.30. The average molecular weight is 499 g/mol. The minimum absolute atomic E-state index is 0.0689. The van der Waals surface area contributed by atoms with Crippen molar-refractivity contribution < 1.29 is 17.4 Å². The Bertz CT molecular complexity index is 1660. The molecule has 9 heteroatoms. The first-order valence-corrected chi connectivity index (χ1v) is 12.6. The Morgan fingerprint density at radius 3 is 2.19 bits per heavy atom. The molecule has 4 aromatic carbocycles. The van der Waals surface area contributed by atoms with E-state index < -0.39 is 16.0 Å². The van der Waals surface area contributed by atoms with Crippen LogP contribution >= 0.6 is 0 Å². The van der Waals surface area contributed by atoms with E-state index in [2.05, 4.69) is 15.5 Å². The highest BCUT2D eigenvalue weighted by molar-refractivity contribution is 7.87. The quantitative estimate of drug-likeness (QED) is 0.328. The van der Waals surface area contributed by atoms with E-state index in [1.807, 2.05) is 37.3 Å². The topological polar surface area (TPSA) is 103 Å². The molecule has 0 bridgehead atoms. The molecular weight excluding hydrogens is 476 g/mol. The van der Waals surface area contributed by atoms with Crippen molar-refractivity contribution in [3.05, 3.63) is 108 Å². The predicted octanol–water partition coefficient (Wildman–Crippen LogP) is 5.06. The van der Waals surface area contributed by atoms with Gasteiger partial charge in [0, 0.05) is 11.3 Å². The van der Waals surface area contributed by atoms with E-state index in [-0.39, 0.29) is 16.2 Å².